The Morgan fingerprint density at radius 3 is 2.58 bits per heavy atom. The molecule has 0 bridgehead atoms. The van der Waals surface area contributed by atoms with Crippen LogP contribution in [0.1, 0.15) is 36.2 Å². The van der Waals surface area contributed by atoms with Crippen LogP contribution in [-0.4, -0.2) is 39.7 Å². The number of hydrogen-bond acceptors (Lipinski definition) is 2. The number of rotatable bonds is 4. The third-order valence-electron chi connectivity index (χ3n) is 3.70. The molecule has 6 heteroatoms. The minimum Gasteiger partial charge on any atom is -0.395 e. The number of aliphatic hydroxyl groups excluding tert-OH is 1. The van der Waals surface area contributed by atoms with E-state index in [1.54, 1.807) is 22.6 Å². The van der Waals surface area contributed by atoms with Crippen LogP contribution in [0.4, 0.5) is 0 Å². The minimum absolute atomic E-state index is 0.0336. The van der Waals surface area contributed by atoms with Gasteiger partial charge in [-0.3, -0.25) is 4.79 Å². The van der Waals surface area contributed by atoms with E-state index in [1.807, 2.05) is 0 Å². The molecular formula is C13H18Cl2N2O2. The number of aromatic nitrogens is 1. The second-order valence-corrected chi connectivity index (χ2v) is 5.65. The highest BCUT2D eigenvalue weighted by atomic mass is 35.5. The van der Waals surface area contributed by atoms with E-state index in [9.17, 15) is 4.79 Å². The first-order valence-corrected chi connectivity index (χ1v) is 7.24. The van der Waals surface area contributed by atoms with E-state index in [-0.39, 0.29) is 18.6 Å². The molecule has 1 aromatic rings. The summed E-state index contributed by atoms with van der Waals surface area (Å²) in [5, 5.41) is 9.91. The fourth-order valence-corrected chi connectivity index (χ4v) is 3.04. The van der Waals surface area contributed by atoms with Gasteiger partial charge in [0.1, 0.15) is 10.8 Å². The standard InChI is InChI=1S/C13H18Cl2N2O2/c1-16-11(8-10(14)12(16)15)13(19)17(6-7-18)9-4-2-3-5-9/h8-9,18H,2-7H2,1H3. The van der Waals surface area contributed by atoms with Crippen LogP contribution in [-0.2, 0) is 7.05 Å². The third kappa shape index (κ3) is 2.91. The Morgan fingerprint density at radius 2 is 2.11 bits per heavy atom. The molecule has 1 heterocycles. The van der Waals surface area contributed by atoms with Crippen LogP contribution in [0.15, 0.2) is 6.07 Å². The summed E-state index contributed by atoms with van der Waals surface area (Å²) in [5.74, 6) is -0.114. The zero-order valence-corrected chi connectivity index (χ0v) is 12.4. The van der Waals surface area contributed by atoms with Gasteiger partial charge in [-0.2, -0.15) is 0 Å². The van der Waals surface area contributed by atoms with Crippen molar-refractivity contribution < 1.29 is 9.90 Å². The van der Waals surface area contributed by atoms with Crippen molar-refractivity contribution in [1.82, 2.24) is 9.47 Å². The summed E-state index contributed by atoms with van der Waals surface area (Å²) in [5.41, 5.74) is 0.468. The van der Waals surface area contributed by atoms with Gasteiger partial charge in [-0.1, -0.05) is 36.0 Å². The molecule has 2 rings (SSSR count). The lowest BCUT2D eigenvalue weighted by molar-refractivity contribution is 0.0628. The van der Waals surface area contributed by atoms with Gasteiger partial charge in [-0.25, -0.2) is 0 Å². The SMILES string of the molecule is Cn1c(C(=O)N(CCO)C2CCCC2)cc(Cl)c1Cl. The van der Waals surface area contributed by atoms with Gasteiger partial charge < -0.3 is 14.6 Å². The monoisotopic (exact) mass is 304 g/mol. The zero-order valence-electron chi connectivity index (χ0n) is 10.9. The van der Waals surface area contributed by atoms with E-state index in [1.165, 1.54) is 0 Å². The molecule has 0 radical (unpaired) electrons. The molecular weight excluding hydrogens is 287 g/mol. The Bertz CT molecular complexity index is 467. The Morgan fingerprint density at radius 1 is 1.47 bits per heavy atom. The first kappa shape index (κ1) is 14.7. The van der Waals surface area contributed by atoms with E-state index >= 15 is 0 Å². The highest BCUT2D eigenvalue weighted by Crippen LogP contribution is 2.29. The molecule has 19 heavy (non-hydrogen) atoms. The summed E-state index contributed by atoms with van der Waals surface area (Å²) in [6.07, 6.45) is 4.26. The second-order valence-electron chi connectivity index (χ2n) is 4.89. The van der Waals surface area contributed by atoms with Crippen LogP contribution in [0.5, 0.6) is 0 Å². The van der Waals surface area contributed by atoms with Crippen LogP contribution in [0.25, 0.3) is 0 Å². The van der Waals surface area contributed by atoms with Gasteiger partial charge in [-0.05, 0) is 18.9 Å². The summed E-state index contributed by atoms with van der Waals surface area (Å²) in [4.78, 5) is 14.3. The molecule has 0 unspecified atom stereocenters. The average molecular weight is 305 g/mol. The van der Waals surface area contributed by atoms with Gasteiger partial charge in [0.2, 0.25) is 0 Å². The van der Waals surface area contributed by atoms with Gasteiger partial charge >= 0.3 is 0 Å². The van der Waals surface area contributed by atoms with E-state index < -0.39 is 0 Å². The fraction of sp³-hybridized carbons (Fsp3) is 0.615. The molecule has 1 fully saturated rings. The molecule has 1 aliphatic carbocycles. The first-order valence-electron chi connectivity index (χ1n) is 6.48. The van der Waals surface area contributed by atoms with Crippen molar-refractivity contribution in [3.05, 3.63) is 21.9 Å². The predicted octanol–water partition coefficient (Wildman–Crippen LogP) is 2.71. The Hall–Kier alpha value is -0.710. The molecule has 0 aromatic carbocycles. The minimum atomic E-state index is -0.114. The Labute approximate surface area is 122 Å². The van der Waals surface area contributed by atoms with Gasteiger partial charge in [0, 0.05) is 19.6 Å². The number of nitrogens with zero attached hydrogens (tertiary/aromatic N) is 2. The van der Waals surface area contributed by atoms with Crippen LogP contribution in [0.2, 0.25) is 10.2 Å². The smallest absolute Gasteiger partial charge is 0.270 e. The number of carbonyl (C=O) groups excluding carboxylic acids is 1. The van der Waals surface area contributed by atoms with E-state index in [0.717, 1.165) is 25.7 Å². The van der Waals surface area contributed by atoms with E-state index in [0.29, 0.717) is 22.4 Å². The molecule has 1 amide bonds. The van der Waals surface area contributed by atoms with Crippen LogP contribution < -0.4 is 0 Å². The maximum Gasteiger partial charge on any atom is 0.270 e. The summed E-state index contributed by atoms with van der Waals surface area (Å²) < 4.78 is 1.59. The molecule has 0 saturated heterocycles. The highest BCUT2D eigenvalue weighted by Gasteiger charge is 2.29. The fourth-order valence-electron chi connectivity index (χ4n) is 2.67. The van der Waals surface area contributed by atoms with E-state index in [4.69, 9.17) is 28.3 Å². The van der Waals surface area contributed by atoms with Gasteiger partial charge in [-0.15, -0.1) is 0 Å². The third-order valence-corrected chi connectivity index (χ3v) is 4.54. The van der Waals surface area contributed by atoms with Crippen LogP contribution in [0.3, 0.4) is 0 Å². The number of amides is 1. The van der Waals surface area contributed by atoms with Gasteiger partial charge in [0.05, 0.1) is 11.6 Å². The summed E-state index contributed by atoms with van der Waals surface area (Å²) in [6.45, 7) is 0.318. The molecule has 1 aliphatic rings. The highest BCUT2D eigenvalue weighted by molar-refractivity contribution is 6.41. The van der Waals surface area contributed by atoms with Crippen molar-refractivity contribution in [2.45, 2.75) is 31.7 Å². The van der Waals surface area contributed by atoms with Gasteiger partial charge in [0.15, 0.2) is 0 Å². The van der Waals surface area contributed by atoms with Crippen LogP contribution in [0, 0.1) is 0 Å². The van der Waals surface area contributed by atoms with Crippen molar-refractivity contribution in [3.8, 4) is 0 Å². The molecule has 1 saturated carbocycles. The van der Waals surface area contributed by atoms with E-state index in [2.05, 4.69) is 0 Å². The number of carbonyl (C=O) groups is 1. The quantitative estimate of drug-likeness (QED) is 0.929. The number of hydrogen-bond donors (Lipinski definition) is 1. The van der Waals surface area contributed by atoms with Crippen molar-refractivity contribution in [2.75, 3.05) is 13.2 Å². The Kier molecular flexibility index (Phi) is 4.76. The molecule has 1 aromatic heterocycles. The Balaban J connectivity index is 2.25. The van der Waals surface area contributed by atoms with Crippen molar-refractivity contribution >= 4 is 29.1 Å². The molecule has 4 nitrogen and oxygen atoms in total. The largest absolute Gasteiger partial charge is 0.395 e. The van der Waals surface area contributed by atoms with Crippen molar-refractivity contribution in [3.63, 3.8) is 0 Å². The first-order chi connectivity index (χ1) is 9.06. The molecule has 0 aliphatic heterocycles. The summed E-state index contributed by atoms with van der Waals surface area (Å²) >= 11 is 11.9. The van der Waals surface area contributed by atoms with Crippen molar-refractivity contribution in [2.24, 2.45) is 7.05 Å². The molecule has 0 atom stereocenters. The second kappa shape index (κ2) is 6.16. The molecule has 106 valence electrons. The predicted molar refractivity (Wildman–Crippen MR) is 75.8 cm³/mol. The number of aliphatic hydroxyl groups is 1. The number of halogens is 2. The lowest BCUT2D eigenvalue weighted by Gasteiger charge is -2.28. The average Bonchev–Trinajstić information content (AvgIpc) is 3.00. The van der Waals surface area contributed by atoms with Crippen molar-refractivity contribution in [1.29, 1.82) is 0 Å². The zero-order chi connectivity index (χ0) is 14.0. The summed E-state index contributed by atoms with van der Waals surface area (Å²) in [7, 11) is 1.72. The lowest BCUT2D eigenvalue weighted by atomic mass is 10.2. The summed E-state index contributed by atoms with van der Waals surface area (Å²) in [6, 6.07) is 1.80. The topological polar surface area (TPSA) is 45.5 Å². The maximum atomic E-state index is 12.6. The van der Waals surface area contributed by atoms with Gasteiger partial charge in [0.25, 0.3) is 5.91 Å². The molecule has 0 spiro atoms. The lowest BCUT2D eigenvalue weighted by Crippen LogP contribution is -2.41. The molecule has 1 N–H and O–H groups in total. The maximum absolute atomic E-state index is 12.6. The normalized spacial score (nSPS) is 16.0. The van der Waals surface area contributed by atoms with Crippen LogP contribution >= 0.6 is 23.2 Å².